The highest BCUT2D eigenvalue weighted by atomic mass is 16.2. The first-order valence-electron chi connectivity index (χ1n) is 8.53. The SMILES string of the molecule is Cc1cc(C)n2nc(C(=O)N3CCN[C@@H](c4ccccc4)C3)cc2n1. The number of piperazine rings is 1. The normalized spacial score (nSPS) is 17.8. The number of fused-ring (bicyclic) bond motifs is 1. The van der Waals surface area contributed by atoms with Crippen molar-refractivity contribution in [3.63, 3.8) is 0 Å². The molecule has 1 N–H and O–H groups in total. The van der Waals surface area contributed by atoms with E-state index in [9.17, 15) is 4.79 Å². The van der Waals surface area contributed by atoms with Crippen LogP contribution in [0, 0.1) is 13.8 Å². The number of hydrogen-bond donors (Lipinski definition) is 1. The van der Waals surface area contributed by atoms with Crippen LogP contribution in [0.1, 0.15) is 33.5 Å². The minimum Gasteiger partial charge on any atom is -0.334 e. The van der Waals surface area contributed by atoms with Crippen molar-refractivity contribution in [2.75, 3.05) is 19.6 Å². The molecule has 1 amide bonds. The maximum atomic E-state index is 12.9. The number of nitrogens with one attached hydrogen (secondary N) is 1. The van der Waals surface area contributed by atoms with Gasteiger partial charge in [0.15, 0.2) is 11.3 Å². The molecular weight excluding hydrogens is 314 g/mol. The summed E-state index contributed by atoms with van der Waals surface area (Å²) in [5.74, 6) is -0.0371. The molecule has 4 rings (SSSR count). The summed E-state index contributed by atoms with van der Waals surface area (Å²) in [6.45, 7) is 6.01. The first-order chi connectivity index (χ1) is 12.1. The van der Waals surface area contributed by atoms with Crippen molar-refractivity contribution >= 4 is 11.6 Å². The third-order valence-corrected chi connectivity index (χ3v) is 4.62. The van der Waals surface area contributed by atoms with E-state index in [1.807, 2.05) is 43.0 Å². The van der Waals surface area contributed by atoms with Gasteiger partial charge in [-0.15, -0.1) is 0 Å². The fraction of sp³-hybridized carbons (Fsp3) is 0.316. The molecule has 1 atom stereocenters. The Bertz CT molecular complexity index is 918. The van der Waals surface area contributed by atoms with Gasteiger partial charge in [-0.05, 0) is 25.5 Å². The molecule has 2 aromatic heterocycles. The van der Waals surface area contributed by atoms with Crippen LogP contribution in [0.25, 0.3) is 5.65 Å². The van der Waals surface area contributed by atoms with Gasteiger partial charge in [0.25, 0.3) is 5.91 Å². The minimum atomic E-state index is -0.0371. The number of carbonyl (C=O) groups is 1. The molecule has 0 aliphatic carbocycles. The summed E-state index contributed by atoms with van der Waals surface area (Å²) in [5, 5.41) is 7.95. The van der Waals surface area contributed by atoms with E-state index in [0.717, 1.165) is 23.6 Å². The molecule has 1 fully saturated rings. The Labute approximate surface area is 146 Å². The minimum absolute atomic E-state index is 0.0371. The molecule has 0 bridgehead atoms. The second kappa shape index (κ2) is 6.29. The van der Waals surface area contributed by atoms with Crippen LogP contribution in [-0.2, 0) is 0 Å². The van der Waals surface area contributed by atoms with Gasteiger partial charge in [0.05, 0.1) is 0 Å². The predicted octanol–water partition coefficient (Wildman–Crippen LogP) is 2.13. The molecule has 128 valence electrons. The average molecular weight is 335 g/mol. The number of benzene rings is 1. The first-order valence-corrected chi connectivity index (χ1v) is 8.53. The summed E-state index contributed by atoms with van der Waals surface area (Å²) in [5.41, 5.74) is 4.27. The van der Waals surface area contributed by atoms with Crippen molar-refractivity contribution in [1.29, 1.82) is 0 Å². The first kappa shape index (κ1) is 15.8. The van der Waals surface area contributed by atoms with Gasteiger partial charge in [-0.1, -0.05) is 30.3 Å². The predicted molar refractivity (Wildman–Crippen MR) is 95.6 cm³/mol. The van der Waals surface area contributed by atoms with Crippen LogP contribution in [0.5, 0.6) is 0 Å². The number of rotatable bonds is 2. The summed E-state index contributed by atoms with van der Waals surface area (Å²) < 4.78 is 1.73. The van der Waals surface area contributed by atoms with E-state index in [1.165, 1.54) is 5.56 Å². The number of nitrogens with zero attached hydrogens (tertiary/aromatic N) is 4. The molecule has 1 aliphatic heterocycles. The number of carbonyl (C=O) groups excluding carboxylic acids is 1. The van der Waals surface area contributed by atoms with Gasteiger partial charge in [0.2, 0.25) is 0 Å². The van der Waals surface area contributed by atoms with Crippen LogP contribution in [0.4, 0.5) is 0 Å². The van der Waals surface area contributed by atoms with Crippen LogP contribution in [-0.4, -0.2) is 45.0 Å². The lowest BCUT2D eigenvalue weighted by molar-refractivity contribution is 0.0696. The third-order valence-electron chi connectivity index (χ3n) is 4.62. The summed E-state index contributed by atoms with van der Waals surface area (Å²) >= 11 is 0. The van der Waals surface area contributed by atoms with E-state index < -0.39 is 0 Å². The summed E-state index contributed by atoms with van der Waals surface area (Å²) in [4.78, 5) is 19.3. The highest BCUT2D eigenvalue weighted by Gasteiger charge is 2.26. The maximum absolute atomic E-state index is 12.9. The molecule has 0 spiro atoms. The zero-order chi connectivity index (χ0) is 17.4. The molecule has 1 aliphatic rings. The van der Waals surface area contributed by atoms with E-state index in [4.69, 9.17) is 0 Å². The average Bonchev–Trinajstić information content (AvgIpc) is 3.06. The maximum Gasteiger partial charge on any atom is 0.274 e. The zero-order valence-electron chi connectivity index (χ0n) is 14.4. The Morgan fingerprint density at radius 1 is 1.20 bits per heavy atom. The van der Waals surface area contributed by atoms with E-state index in [2.05, 4.69) is 27.5 Å². The fourth-order valence-electron chi connectivity index (χ4n) is 3.40. The lowest BCUT2D eigenvalue weighted by Crippen LogP contribution is -2.48. The van der Waals surface area contributed by atoms with Gasteiger partial charge in [-0.2, -0.15) is 5.10 Å². The summed E-state index contributed by atoms with van der Waals surface area (Å²) in [6, 6.07) is 14.1. The lowest BCUT2D eigenvalue weighted by Gasteiger charge is -2.33. The highest BCUT2D eigenvalue weighted by Crippen LogP contribution is 2.19. The van der Waals surface area contributed by atoms with E-state index in [0.29, 0.717) is 18.8 Å². The molecule has 1 aromatic carbocycles. The molecular formula is C19H21N5O. The van der Waals surface area contributed by atoms with Crippen molar-refractivity contribution in [1.82, 2.24) is 24.8 Å². The Balaban J connectivity index is 1.59. The summed E-state index contributed by atoms with van der Waals surface area (Å²) in [6.07, 6.45) is 0. The Hall–Kier alpha value is -2.73. The molecule has 1 saturated heterocycles. The topological polar surface area (TPSA) is 62.5 Å². The van der Waals surface area contributed by atoms with Crippen molar-refractivity contribution in [3.8, 4) is 0 Å². The Morgan fingerprint density at radius 2 is 2.00 bits per heavy atom. The van der Waals surface area contributed by atoms with Crippen molar-refractivity contribution in [2.45, 2.75) is 19.9 Å². The van der Waals surface area contributed by atoms with Gasteiger partial charge in [0, 0.05) is 43.1 Å². The largest absolute Gasteiger partial charge is 0.334 e. The molecule has 6 heteroatoms. The smallest absolute Gasteiger partial charge is 0.274 e. The number of aryl methyl sites for hydroxylation is 2. The van der Waals surface area contributed by atoms with Gasteiger partial charge < -0.3 is 10.2 Å². The summed E-state index contributed by atoms with van der Waals surface area (Å²) in [7, 11) is 0. The van der Waals surface area contributed by atoms with Crippen LogP contribution < -0.4 is 5.32 Å². The molecule has 0 unspecified atom stereocenters. The van der Waals surface area contributed by atoms with Gasteiger partial charge in [-0.3, -0.25) is 4.79 Å². The Kier molecular flexibility index (Phi) is 3.97. The van der Waals surface area contributed by atoms with Gasteiger partial charge >= 0.3 is 0 Å². The second-order valence-corrected chi connectivity index (χ2v) is 6.51. The molecule has 0 radical (unpaired) electrons. The van der Waals surface area contributed by atoms with Gasteiger partial charge in [0.1, 0.15) is 0 Å². The van der Waals surface area contributed by atoms with Crippen molar-refractivity contribution in [2.24, 2.45) is 0 Å². The highest BCUT2D eigenvalue weighted by molar-refractivity contribution is 5.93. The zero-order valence-corrected chi connectivity index (χ0v) is 14.4. The van der Waals surface area contributed by atoms with Crippen molar-refractivity contribution in [3.05, 3.63) is 65.1 Å². The van der Waals surface area contributed by atoms with E-state index in [1.54, 1.807) is 10.6 Å². The van der Waals surface area contributed by atoms with Gasteiger partial charge in [-0.25, -0.2) is 9.50 Å². The quantitative estimate of drug-likeness (QED) is 0.779. The molecule has 3 aromatic rings. The Morgan fingerprint density at radius 3 is 2.80 bits per heavy atom. The van der Waals surface area contributed by atoms with Crippen molar-refractivity contribution < 1.29 is 4.79 Å². The van der Waals surface area contributed by atoms with Crippen LogP contribution in [0.15, 0.2) is 42.5 Å². The lowest BCUT2D eigenvalue weighted by atomic mass is 10.0. The van der Waals surface area contributed by atoms with Crippen LogP contribution in [0.2, 0.25) is 0 Å². The van der Waals surface area contributed by atoms with E-state index >= 15 is 0 Å². The van der Waals surface area contributed by atoms with E-state index in [-0.39, 0.29) is 11.9 Å². The monoisotopic (exact) mass is 335 g/mol. The molecule has 3 heterocycles. The second-order valence-electron chi connectivity index (χ2n) is 6.51. The number of amides is 1. The number of hydrogen-bond acceptors (Lipinski definition) is 4. The van der Waals surface area contributed by atoms with Crippen LogP contribution >= 0.6 is 0 Å². The third kappa shape index (κ3) is 3.00. The number of aromatic nitrogens is 3. The molecule has 6 nitrogen and oxygen atoms in total. The van der Waals surface area contributed by atoms with Crippen LogP contribution in [0.3, 0.4) is 0 Å². The fourth-order valence-corrected chi connectivity index (χ4v) is 3.40. The molecule has 25 heavy (non-hydrogen) atoms. The molecule has 0 saturated carbocycles. The standard InChI is InChI=1S/C19H21N5O/c1-13-10-14(2)24-18(21-13)11-16(22-24)19(25)23-9-8-20-17(12-23)15-6-4-3-5-7-15/h3-7,10-11,17,20H,8-9,12H2,1-2H3/t17-/m1/s1.